The minimum atomic E-state index is -3.65. The molecule has 1 aromatic rings. The maximum atomic E-state index is 12.6. The van der Waals surface area contributed by atoms with Crippen molar-refractivity contribution < 1.29 is 13.5 Å². The van der Waals surface area contributed by atoms with Gasteiger partial charge in [-0.25, -0.2) is 8.42 Å². The van der Waals surface area contributed by atoms with Crippen LogP contribution in [-0.2, 0) is 10.0 Å². The molecule has 0 aliphatic carbocycles. The first-order chi connectivity index (χ1) is 9.97. The summed E-state index contributed by atoms with van der Waals surface area (Å²) < 4.78 is 26.5. The lowest BCUT2D eigenvalue weighted by Crippen LogP contribution is -2.32. The van der Waals surface area contributed by atoms with Crippen molar-refractivity contribution in [3.63, 3.8) is 0 Å². The van der Waals surface area contributed by atoms with Crippen LogP contribution in [0.4, 0.5) is 0 Å². The Morgan fingerprint density at radius 2 is 2.10 bits per heavy atom. The number of aryl methyl sites for hydroxylation is 1. The van der Waals surface area contributed by atoms with Crippen molar-refractivity contribution in [2.24, 2.45) is 0 Å². The van der Waals surface area contributed by atoms with E-state index >= 15 is 0 Å². The van der Waals surface area contributed by atoms with Gasteiger partial charge in [-0.15, -0.1) is 0 Å². The van der Waals surface area contributed by atoms with Gasteiger partial charge in [0.1, 0.15) is 6.61 Å². The number of nitriles is 1. The fraction of sp³-hybridized carbons (Fsp3) is 0.400. The lowest BCUT2D eigenvalue weighted by atomic mass is 10.1. The van der Waals surface area contributed by atoms with Gasteiger partial charge in [-0.3, -0.25) is 0 Å². The fourth-order valence-corrected chi connectivity index (χ4v) is 3.56. The number of aliphatic hydroxyl groups excluding tert-OH is 1. The fourth-order valence-electron chi connectivity index (χ4n) is 1.86. The Kier molecular flexibility index (Phi) is 6.39. The number of rotatable bonds is 5. The molecule has 112 valence electrons. The molecule has 0 heterocycles. The van der Waals surface area contributed by atoms with Crippen LogP contribution in [0.5, 0.6) is 0 Å². The Labute approximate surface area is 125 Å². The molecular weight excluding hydrogens is 288 g/mol. The van der Waals surface area contributed by atoms with Crippen molar-refractivity contribution >= 4 is 10.0 Å². The highest BCUT2D eigenvalue weighted by atomic mass is 32.2. The van der Waals surface area contributed by atoms with Crippen molar-refractivity contribution in [1.82, 2.24) is 4.31 Å². The zero-order valence-corrected chi connectivity index (χ0v) is 12.9. The third-order valence-electron chi connectivity index (χ3n) is 2.94. The molecule has 6 heteroatoms. The van der Waals surface area contributed by atoms with E-state index in [1.54, 1.807) is 26.0 Å². The van der Waals surface area contributed by atoms with Gasteiger partial charge in [-0.2, -0.15) is 9.57 Å². The van der Waals surface area contributed by atoms with Gasteiger partial charge >= 0.3 is 0 Å². The van der Waals surface area contributed by atoms with Gasteiger partial charge in [0.2, 0.25) is 10.0 Å². The average Bonchev–Trinajstić information content (AvgIpc) is 2.46. The van der Waals surface area contributed by atoms with Crippen LogP contribution in [0.15, 0.2) is 23.1 Å². The highest BCUT2D eigenvalue weighted by Crippen LogP contribution is 2.21. The molecule has 0 spiro atoms. The molecule has 5 nitrogen and oxygen atoms in total. The van der Waals surface area contributed by atoms with Gasteiger partial charge in [0, 0.05) is 25.1 Å². The van der Waals surface area contributed by atoms with Crippen molar-refractivity contribution in [3.8, 4) is 17.9 Å². The summed E-state index contributed by atoms with van der Waals surface area (Å²) in [6, 6.07) is 6.85. The molecule has 0 aliphatic heterocycles. The third-order valence-corrected chi connectivity index (χ3v) is 5.06. The zero-order valence-electron chi connectivity index (χ0n) is 12.1. The lowest BCUT2D eigenvalue weighted by molar-refractivity contribution is 0.350. The Bertz CT molecular complexity index is 694. The summed E-state index contributed by atoms with van der Waals surface area (Å²) in [5.41, 5.74) is 1.16. The highest BCUT2D eigenvalue weighted by Gasteiger charge is 2.24. The topological polar surface area (TPSA) is 81.4 Å². The minimum absolute atomic E-state index is 0.149. The van der Waals surface area contributed by atoms with E-state index < -0.39 is 10.0 Å². The van der Waals surface area contributed by atoms with Crippen molar-refractivity contribution in [3.05, 3.63) is 29.3 Å². The number of aliphatic hydroxyl groups is 1. The maximum absolute atomic E-state index is 12.6. The molecule has 1 aromatic carbocycles. The molecule has 0 amide bonds. The predicted molar refractivity (Wildman–Crippen MR) is 79.8 cm³/mol. The lowest BCUT2D eigenvalue weighted by Gasteiger charge is -2.20. The molecule has 0 saturated heterocycles. The smallest absolute Gasteiger partial charge is 0.243 e. The second-order valence-electron chi connectivity index (χ2n) is 4.34. The van der Waals surface area contributed by atoms with Gasteiger partial charge in [0.25, 0.3) is 0 Å². The summed E-state index contributed by atoms with van der Waals surface area (Å²) >= 11 is 0. The molecule has 0 unspecified atom stereocenters. The Balaban J connectivity index is 3.26. The van der Waals surface area contributed by atoms with Gasteiger partial charge < -0.3 is 5.11 Å². The average molecular weight is 306 g/mol. The number of hydrogen-bond donors (Lipinski definition) is 1. The normalized spacial score (nSPS) is 10.8. The van der Waals surface area contributed by atoms with Gasteiger partial charge in [-0.1, -0.05) is 24.8 Å². The quantitative estimate of drug-likeness (QED) is 0.830. The summed E-state index contributed by atoms with van der Waals surface area (Å²) in [5, 5.41) is 17.3. The van der Waals surface area contributed by atoms with E-state index in [0.717, 1.165) is 0 Å². The monoisotopic (exact) mass is 306 g/mol. The summed E-state index contributed by atoms with van der Waals surface area (Å²) in [6.07, 6.45) is 0.149. The predicted octanol–water partition coefficient (Wildman–Crippen LogP) is 1.26. The minimum Gasteiger partial charge on any atom is -0.384 e. The summed E-state index contributed by atoms with van der Waals surface area (Å²) in [5.74, 6) is 5.19. The molecule has 1 N–H and O–H groups in total. The van der Waals surface area contributed by atoms with E-state index in [-0.39, 0.29) is 24.5 Å². The van der Waals surface area contributed by atoms with Crippen LogP contribution in [-0.4, -0.2) is 37.5 Å². The largest absolute Gasteiger partial charge is 0.384 e. The Morgan fingerprint density at radius 1 is 1.38 bits per heavy atom. The molecule has 0 aromatic heterocycles. The second-order valence-corrected chi connectivity index (χ2v) is 6.25. The van der Waals surface area contributed by atoms with Crippen molar-refractivity contribution in [2.75, 3.05) is 19.7 Å². The number of benzene rings is 1. The third kappa shape index (κ3) is 4.30. The number of hydrogen-bond acceptors (Lipinski definition) is 4. The van der Waals surface area contributed by atoms with E-state index in [2.05, 4.69) is 11.8 Å². The zero-order chi connectivity index (χ0) is 15.9. The molecular formula is C15H18N2O3S. The van der Waals surface area contributed by atoms with Crippen molar-refractivity contribution in [2.45, 2.75) is 25.2 Å². The van der Waals surface area contributed by atoms with Crippen LogP contribution in [0.1, 0.15) is 24.5 Å². The van der Waals surface area contributed by atoms with E-state index in [9.17, 15) is 8.42 Å². The molecule has 0 radical (unpaired) electrons. The molecule has 0 bridgehead atoms. The molecule has 0 atom stereocenters. The molecule has 0 aliphatic rings. The van der Waals surface area contributed by atoms with Crippen LogP contribution in [0, 0.1) is 30.1 Å². The van der Waals surface area contributed by atoms with Crippen LogP contribution in [0.2, 0.25) is 0 Å². The van der Waals surface area contributed by atoms with Crippen LogP contribution >= 0.6 is 0 Å². The van der Waals surface area contributed by atoms with E-state index in [0.29, 0.717) is 17.7 Å². The second kappa shape index (κ2) is 7.80. The van der Waals surface area contributed by atoms with Crippen LogP contribution < -0.4 is 0 Å². The molecule has 0 saturated carbocycles. The molecule has 0 fully saturated rings. The SMILES string of the molecule is CCN(CCC#N)S(=O)(=O)c1cc(C#CCO)ccc1C. The van der Waals surface area contributed by atoms with Gasteiger partial charge in [0.15, 0.2) is 0 Å². The van der Waals surface area contributed by atoms with E-state index in [1.165, 1.54) is 10.4 Å². The summed E-state index contributed by atoms with van der Waals surface area (Å²) in [4.78, 5) is 0.187. The van der Waals surface area contributed by atoms with Crippen molar-refractivity contribution in [1.29, 1.82) is 5.26 Å². The van der Waals surface area contributed by atoms with E-state index in [4.69, 9.17) is 10.4 Å². The Hall–Kier alpha value is -1.86. The van der Waals surface area contributed by atoms with Crippen LogP contribution in [0.3, 0.4) is 0 Å². The standard InChI is InChI=1S/C15H18N2O3S/c1-3-17(10-5-9-16)21(19,20)15-12-14(6-4-11-18)8-7-13(15)2/h7-8,12,18H,3,5,10-11H2,1-2H3. The Morgan fingerprint density at radius 3 is 2.67 bits per heavy atom. The molecule has 21 heavy (non-hydrogen) atoms. The number of sulfonamides is 1. The van der Waals surface area contributed by atoms with Crippen LogP contribution in [0.25, 0.3) is 0 Å². The first kappa shape index (κ1) is 17.2. The first-order valence-corrected chi connectivity index (χ1v) is 7.98. The molecule has 1 rings (SSSR count). The van der Waals surface area contributed by atoms with E-state index in [1.807, 2.05) is 6.07 Å². The first-order valence-electron chi connectivity index (χ1n) is 6.54. The van der Waals surface area contributed by atoms with Gasteiger partial charge in [0.05, 0.1) is 11.0 Å². The maximum Gasteiger partial charge on any atom is 0.243 e. The highest BCUT2D eigenvalue weighted by molar-refractivity contribution is 7.89. The summed E-state index contributed by atoms with van der Waals surface area (Å²) in [6.45, 7) is 3.64. The summed E-state index contributed by atoms with van der Waals surface area (Å²) in [7, 11) is -3.65. The van der Waals surface area contributed by atoms with Gasteiger partial charge in [-0.05, 0) is 24.6 Å². The number of nitrogens with zero attached hydrogens (tertiary/aromatic N) is 2.